The van der Waals surface area contributed by atoms with E-state index in [0.717, 1.165) is 63.9 Å². The second-order valence-corrected chi connectivity index (χ2v) is 8.24. The van der Waals surface area contributed by atoms with Gasteiger partial charge in [0, 0.05) is 44.5 Å². The average Bonchev–Trinajstić information content (AvgIpc) is 3.03. The largest absolute Gasteiger partial charge is 0.496 e. The van der Waals surface area contributed by atoms with Crippen LogP contribution in [0.2, 0.25) is 0 Å². The fourth-order valence-corrected chi connectivity index (χ4v) is 4.66. The smallest absolute Gasteiger partial charge is 0.256 e. The summed E-state index contributed by atoms with van der Waals surface area (Å²) < 4.78 is 7.17. The third-order valence-corrected chi connectivity index (χ3v) is 6.27. The summed E-state index contributed by atoms with van der Waals surface area (Å²) in [5.41, 5.74) is 4.14. The predicted octanol–water partition coefficient (Wildman–Crippen LogP) is 2.76. The van der Waals surface area contributed by atoms with E-state index < -0.39 is 0 Å². The van der Waals surface area contributed by atoms with Crippen molar-refractivity contribution in [1.29, 1.82) is 0 Å². The molecule has 0 radical (unpaired) electrons. The van der Waals surface area contributed by atoms with Crippen LogP contribution >= 0.6 is 0 Å². The van der Waals surface area contributed by atoms with Gasteiger partial charge >= 0.3 is 0 Å². The molecule has 1 amide bonds. The molecule has 30 heavy (non-hydrogen) atoms. The van der Waals surface area contributed by atoms with Crippen LogP contribution in [0, 0.1) is 0 Å². The Labute approximate surface area is 177 Å². The number of hydrogen-bond acceptors (Lipinski definition) is 4. The lowest BCUT2D eigenvalue weighted by Crippen LogP contribution is -2.34. The van der Waals surface area contributed by atoms with Crippen molar-refractivity contribution in [2.45, 2.75) is 51.6 Å². The van der Waals surface area contributed by atoms with Crippen molar-refractivity contribution in [3.05, 3.63) is 63.1 Å². The molecule has 0 aliphatic carbocycles. The molecule has 160 valence electrons. The first-order valence-electron chi connectivity index (χ1n) is 11.1. The van der Waals surface area contributed by atoms with E-state index in [0.29, 0.717) is 24.4 Å². The minimum absolute atomic E-state index is 0.0781. The number of aromatic nitrogens is 1. The van der Waals surface area contributed by atoms with Crippen LogP contribution in [-0.2, 0) is 25.9 Å². The van der Waals surface area contributed by atoms with Gasteiger partial charge in [-0.3, -0.25) is 14.5 Å². The molecule has 3 heterocycles. The van der Waals surface area contributed by atoms with Crippen molar-refractivity contribution in [3.63, 3.8) is 0 Å². The third kappa shape index (κ3) is 4.43. The molecule has 6 heteroatoms. The molecular weight excluding hydrogens is 378 g/mol. The first-order valence-corrected chi connectivity index (χ1v) is 11.1. The Morgan fingerprint density at radius 3 is 2.77 bits per heavy atom. The average molecular weight is 410 g/mol. The Morgan fingerprint density at radius 1 is 1.10 bits per heavy atom. The quantitative estimate of drug-likeness (QED) is 0.746. The molecule has 4 rings (SSSR count). The van der Waals surface area contributed by atoms with Gasteiger partial charge in [-0.1, -0.05) is 30.7 Å². The van der Waals surface area contributed by atoms with Gasteiger partial charge in [-0.05, 0) is 43.2 Å². The molecule has 1 aromatic carbocycles. The molecule has 0 saturated heterocycles. The number of ether oxygens (including phenoxy) is 1. The first-order chi connectivity index (χ1) is 14.7. The van der Waals surface area contributed by atoms with Crippen LogP contribution in [0.15, 0.2) is 35.1 Å². The van der Waals surface area contributed by atoms with Crippen molar-refractivity contribution in [2.75, 3.05) is 26.7 Å². The number of benzene rings is 1. The van der Waals surface area contributed by atoms with Gasteiger partial charge in [-0.2, -0.15) is 0 Å². The van der Waals surface area contributed by atoms with Crippen molar-refractivity contribution in [3.8, 4) is 5.75 Å². The van der Waals surface area contributed by atoms with E-state index >= 15 is 0 Å². The molecule has 2 aliphatic heterocycles. The lowest BCUT2D eigenvalue weighted by Gasteiger charge is -2.28. The zero-order valence-electron chi connectivity index (χ0n) is 17.8. The highest BCUT2D eigenvalue weighted by Crippen LogP contribution is 2.24. The molecule has 0 saturated carbocycles. The number of nitrogens with one attached hydrogen (secondary N) is 1. The number of fused-ring (bicyclic) bond motifs is 2. The number of nitrogens with zero attached hydrogens (tertiary/aromatic N) is 2. The van der Waals surface area contributed by atoms with Gasteiger partial charge in [0.1, 0.15) is 11.3 Å². The zero-order chi connectivity index (χ0) is 20.9. The molecular formula is C24H31N3O3. The van der Waals surface area contributed by atoms with Crippen LogP contribution in [0.3, 0.4) is 0 Å². The summed E-state index contributed by atoms with van der Waals surface area (Å²) in [6.45, 7) is 4.28. The number of rotatable bonds is 6. The summed E-state index contributed by atoms with van der Waals surface area (Å²) in [4.78, 5) is 27.9. The van der Waals surface area contributed by atoms with Gasteiger partial charge in [-0.15, -0.1) is 0 Å². The van der Waals surface area contributed by atoms with E-state index in [1.807, 2.05) is 0 Å². The SMILES string of the molecule is COc1cc(=O)n2c(c1C(=O)NCCCN1CCc3ccccc3C1)CCCCC2. The molecule has 2 aromatic rings. The second-order valence-electron chi connectivity index (χ2n) is 8.24. The lowest BCUT2D eigenvalue weighted by molar-refractivity contribution is 0.0946. The maximum Gasteiger partial charge on any atom is 0.256 e. The van der Waals surface area contributed by atoms with Crippen LogP contribution in [0.25, 0.3) is 0 Å². The normalized spacial score (nSPS) is 16.3. The minimum Gasteiger partial charge on any atom is -0.496 e. The van der Waals surface area contributed by atoms with Gasteiger partial charge in [0.2, 0.25) is 0 Å². The van der Waals surface area contributed by atoms with E-state index in [9.17, 15) is 9.59 Å². The Kier molecular flexibility index (Phi) is 6.53. The summed E-state index contributed by atoms with van der Waals surface area (Å²) in [5.74, 6) is 0.250. The number of methoxy groups -OCH3 is 1. The summed E-state index contributed by atoms with van der Waals surface area (Å²) in [7, 11) is 1.52. The van der Waals surface area contributed by atoms with Crippen molar-refractivity contribution >= 4 is 5.91 Å². The molecule has 0 unspecified atom stereocenters. The van der Waals surface area contributed by atoms with Crippen LogP contribution < -0.4 is 15.6 Å². The van der Waals surface area contributed by atoms with E-state index in [2.05, 4.69) is 34.5 Å². The summed E-state index contributed by atoms with van der Waals surface area (Å²) in [6, 6.07) is 10.1. The lowest BCUT2D eigenvalue weighted by atomic mass is 10.00. The highest BCUT2D eigenvalue weighted by atomic mass is 16.5. The fraction of sp³-hybridized carbons (Fsp3) is 0.500. The minimum atomic E-state index is -0.138. The van der Waals surface area contributed by atoms with Crippen molar-refractivity contribution in [1.82, 2.24) is 14.8 Å². The van der Waals surface area contributed by atoms with Gasteiger partial charge in [0.15, 0.2) is 0 Å². The molecule has 0 atom stereocenters. The van der Waals surface area contributed by atoms with Crippen molar-refractivity contribution < 1.29 is 9.53 Å². The molecule has 1 N–H and O–H groups in total. The predicted molar refractivity (Wildman–Crippen MR) is 117 cm³/mol. The number of carbonyl (C=O) groups is 1. The highest BCUT2D eigenvalue weighted by Gasteiger charge is 2.23. The molecule has 1 aromatic heterocycles. The van der Waals surface area contributed by atoms with E-state index in [1.165, 1.54) is 24.3 Å². The highest BCUT2D eigenvalue weighted by molar-refractivity contribution is 5.98. The Morgan fingerprint density at radius 2 is 1.93 bits per heavy atom. The monoisotopic (exact) mass is 409 g/mol. The van der Waals surface area contributed by atoms with Gasteiger partial charge in [0.25, 0.3) is 11.5 Å². The molecule has 0 fully saturated rings. The summed E-state index contributed by atoms with van der Waals surface area (Å²) in [6.07, 6.45) is 5.75. The maximum absolute atomic E-state index is 13.0. The number of hydrogen-bond donors (Lipinski definition) is 1. The van der Waals surface area contributed by atoms with E-state index in [1.54, 1.807) is 4.57 Å². The zero-order valence-corrected chi connectivity index (χ0v) is 17.8. The van der Waals surface area contributed by atoms with Crippen LogP contribution in [0.4, 0.5) is 0 Å². The van der Waals surface area contributed by atoms with Gasteiger partial charge in [0.05, 0.1) is 7.11 Å². The Bertz CT molecular complexity index is 967. The number of carbonyl (C=O) groups excluding carboxylic acids is 1. The Balaban J connectivity index is 1.37. The fourth-order valence-electron chi connectivity index (χ4n) is 4.66. The van der Waals surface area contributed by atoms with Gasteiger partial charge < -0.3 is 14.6 Å². The number of pyridine rings is 1. The van der Waals surface area contributed by atoms with Crippen molar-refractivity contribution in [2.24, 2.45) is 0 Å². The van der Waals surface area contributed by atoms with Crippen LogP contribution in [0.1, 0.15) is 52.9 Å². The van der Waals surface area contributed by atoms with Gasteiger partial charge in [-0.25, -0.2) is 0 Å². The third-order valence-electron chi connectivity index (χ3n) is 6.27. The summed E-state index contributed by atoms with van der Waals surface area (Å²) >= 11 is 0. The Hall–Kier alpha value is -2.60. The molecule has 0 bridgehead atoms. The van der Waals surface area contributed by atoms with E-state index in [4.69, 9.17) is 4.74 Å². The second kappa shape index (κ2) is 9.47. The van der Waals surface area contributed by atoms with Crippen LogP contribution in [-0.4, -0.2) is 42.1 Å². The molecule has 6 nitrogen and oxygen atoms in total. The first kappa shape index (κ1) is 20.7. The standard InChI is InChI=1S/C24H31N3O3/c1-30-21-16-22(28)27-14-6-2-3-10-20(27)23(21)24(29)25-12-7-13-26-15-11-18-8-4-5-9-19(18)17-26/h4-5,8-9,16H,2-3,6-7,10-15,17H2,1H3,(H,25,29). The topological polar surface area (TPSA) is 63.6 Å². The maximum atomic E-state index is 13.0. The number of amides is 1. The van der Waals surface area contributed by atoms with Crippen LogP contribution in [0.5, 0.6) is 5.75 Å². The molecule has 0 spiro atoms. The summed E-state index contributed by atoms with van der Waals surface area (Å²) in [5, 5.41) is 3.06. The molecule has 2 aliphatic rings. The van der Waals surface area contributed by atoms with E-state index in [-0.39, 0.29) is 11.5 Å².